The summed E-state index contributed by atoms with van der Waals surface area (Å²) in [6.45, 7) is -1.09. The molecule has 0 saturated carbocycles. The predicted octanol–water partition coefficient (Wildman–Crippen LogP) is -0.510. The molecule has 0 amide bonds. The van der Waals surface area contributed by atoms with Gasteiger partial charge in [0, 0.05) is 17.6 Å². The number of methoxy groups -OCH3 is 1. The number of aliphatic hydroxyl groups is 4. The van der Waals surface area contributed by atoms with Crippen molar-refractivity contribution in [3.05, 3.63) is 65.5 Å². The van der Waals surface area contributed by atoms with Gasteiger partial charge in [-0.25, -0.2) is 9.59 Å². The predicted molar refractivity (Wildman–Crippen MR) is 130 cm³/mol. The molecule has 3 rings (SSSR count). The molecule has 7 atom stereocenters. The first-order valence-corrected chi connectivity index (χ1v) is 11.9. The molecule has 1 aromatic rings. The molecule has 5 N–H and O–H groups in total. The van der Waals surface area contributed by atoms with Crippen molar-refractivity contribution in [2.24, 2.45) is 5.92 Å². The third kappa shape index (κ3) is 7.72. The Bertz CT molecular complexity index is 1090. The van der Waals surface area contributed by atoms with E-state index in [9.17, 15) is 39.9 Å². The summed E-state index contributed by atoms with van der Waals surface area (Å²) in [6, 6.07) is 8.97. The van der Waals surface area contributed by atoms with Crippen LogP contribution in [0.2, 0.25) is 0 Å². The topological polar surface area (TPSA) is 199 Å². The van der Waals surface area contributed by atoms with Crippen LogP contribution in [0.3, 0.4) is 0 Å². The molecular weight excluding hydrogens is 520 g/mol. The second kappa shape index (κ2) is 14.0. The van der Waals surface area contributed by atoms with Gasteiger partial charge in [0.25, 0.3) is 0 Å². The molecule has 2 heterocycles. The highest BCUT2D eigenvalue weighted by atomic mass is 16.8. The second-order valence-electron chi connectivity index (χ2n) is 8.59. The SMILES string of the molecule is COC(=O)CC1C(C(=O)O)=COC(OC2OC(CO)C(O)C(O)C2O)/C1=C\COC(=O)/C=C/c1ccccc1. The summed E-state index contributed by atoms with van der Waals surface area (Å²) in [5.41, 5.74) is 0.462. The van der Waals surface area contributed by atoms with E-state index < -0.39 is 73.8 Å². The van der Waals surface area contributed by atoms with Crippen LogP contribution < -0.4 is 0 Å². The molecule has 0 radical (unpaired) electrons. The van der Waals surface area contributed by atoms with Gasteiger partial charge < -0.3 is 49.2 Å². The van der Waals surface area contributed by atoms with Crippen LogP contribution in [0.4, 0.5) is 0 Å². The van der Waals surface area contributed by atoms with E-state index in [0.29, 0.717) is 0 Å². The van der Waals surface area contributed by atoms with E-state index in [0.717, 1.165) is 18.9 Å². The third-order valence-electron chi connectivity index (χ3n) is 6.08. The molecule has 212 valence electrons. The summed E-state index contributed by atoms with van der Waals surface area (Å²) in [4.78, 5) is 36.2. The van der Waals surface area contributed by atoms with E-state index in [1.807, 2.05) is 6.07 Å². The van der Waals surface area contributed by atoms with Gasteiger partial charge in [-0.1, -0.05) is 30.3 Å². The van der Waals surface area contributed by atoms with Crippen LogP contribution in [0.25, 0.3) is 6.08 Å². The minimum atomic E-state index is -1.78. The standard InChI is InChI=1S/C26H30O13/c1-35-20(29)11-16-15(9-10-36-19(28)8-7-14-5-3-2-4-6-14)25(37-13-17(16)24(33)34)39-26-23(32)22(31)21(30)18(12-27)38-26/h2-9,13,16,18,21-23,25-27,30-32H,10-12H2,1H3,(H,33,34)/b8-7+,15-9-. The molecular formula is C26H30O13. The Hall–Kier alpha value is -3.59. The van der Waals surface area contributed by atoms with Crippen molar-refractivity contribution in [2.45, 2.75) is 43.4 Å². The lowest BCUT2D eigenvalue weighted by Gasteiger charge is -2.41. The first-order chi connectivity index (χ1) is 18.7. The number of hydrogen-bond donors (Lipinski definition) is 5. The van der Waals surface area contributed by atoms with Crippen molar-refractivity contribution in [1.82, 2.24) is 0 Å². The number of carboxylic acid groups (broad SMARTS) is 1. The minimum absolute atomic E-state index is 0.0251. The Morgan fingerprint density at radius 2 is 1.77 bits per heavy atom. The Kier molecular flexibility index (Phi) is 10.7. The van der Waals surface area contributed by atoms with E-state index in [-0.39, 0.29) is 17.8 Å². The highest BCUT2D eigenvalue weighted by molar-refractivity contribution is 5.89. The van der Waals surface area contributed by atoms with Crippen LogP contribution in [0.5, 0.6) is 0 Å². The van der Waals surface area contributed by atoms with Gasteiger partial charge in [-0.05, 0) is 17.7 Å². The molecule has 2 aliphatic rings. The van der Waals surface area contributed by atoms with E-state index in [1.54, 1.807) is 24.3 Å². The third-order valence-corrected chi connectivity index (χ3v) is 6.08. The average molecular weight is 551 g/mol. The van der Waals surface area contributed by atoms with Gasteiger partial charge in [-0.3, -0.25) is 4.79 Å². The highest BCUT2D eigenvalue weighted by Crippen LogP contribution is 2.35. The maximum absolute atomic E-state index is 12.2. The number of ether oxygens (including phenoxy) is 5. The Morgan fingerprint density at radius 3 is 2.41 bits per heavy atom. The summed E-state index contributed by atoms with van der Waals surface area (Å²) in [5.74, 6) is -4.02. The van der Waals surface area contributed by atoms with Crippen LogP contribution in [0.15, 0.2) is 59.9 Å². The van der Waals surface area contributed by atoms with Crippen molar-refractivity contribution < 1.29 is 63.6 Å². The number of benzene rings is 1. The molecule has 7 unspecified atom stereocenters. The molecule has 13 heteroatoms. The van der Waals surface area contributed by atoms with Crippen LogP contribution in [-0.4, -0.2) is 101 Å². The van der Waals surface area contributed by atoms with Crippen molar-refractivity contribution in [3.8, 4) is 0 Å². The lowest BCUT2D eigenvalue weighted by molar-refractivity contribution is -0.327. The van der Waals surface area contributed by atoms with Gasteiger partial charge >= 0.3 is 17.9 Å². The number of carboxylic acids is 1. The quantitative estimate of drug-likeness (QED) is 0.142. The first kappa shape index (κ1) is 30.0. The number of carbonyl (C=O) groups is 3. The van der Waals surface area contributed by atoms with Gasteiger partial charge in [-0.2, -0.15) is 0 Å². The molecule has 2 aliphatic heterocycles. The van der Waals surface area contributed by atoms with Gasteiger partial charge in [0.1, 0.15) is 31.0 Å². The number of esters is 2. The number of aliphatic hydroxyl groups excluding tert-OH is 4. The summed E-state index contributed by atoms with van der Waals surface area (Å²) in [5, 5.41) is 49.5. The van der Waals surface area contributed by atoms with Gasteiger partial charge in [0.15, 0.2) is 6.29 Å². The molecule has 0 bridgehead atoms. The zero-order valence-electron chi connectivity index (χ0n) is 20.9. The smallest absolute Gasteiger partial charge is 0.335 e. The molecule has 0 aliphatic carbocycles. The van der Waals surface area contributed by atoms with Crippen LogP contribution in [0.1, 0.15) is 12.0 Å². The molecule has 39 heavy (non-hydrogen) atoms. The summed E-state index contributed by atoms with van der Waals surface area (Å²) in [7, 11) is 1.12. The van der Waals surface area contributed by atoms with E-state index in [1.165, 1.54) is 18.2 Å². The monoisotopic (exact) mass is 550 g/mol. The number of carbonyl (C=O) groups excluding carboxylic acids is 2. The Morgan fingerprint density at radius 1 is 1.05 bits per heavy atom. The Balaban J connectivity index is 1.84. The van der Waals surface area contributed by atoms with E-state index in [4.69, 9.17) is 18.9 Å². The zero-order chi connectivity index (χ0) is 28.5. The number of rotatable bonds is 10. The largest absolute Gasteiger partial charge is 0.478 e. The summed E-state index contributed by atoms with van der Waals surface area (Å²) in [6.07, 6.45) is -5.13. The zero-order valence-corrected chi connectivity index (χ0v) is 20.9. The van der Waals surface area contributed by atoms with Crippen molar-refractivity contribution >= 4 is 24.0 Å². The van der Waals surface area contributed by atoms with Gasteiger partial charge in [0.2, 0.25) is 6.29 Å². The van der Waals surface area contributed by atoms with Crippen LogP contribution >= 0.6 is 0 Å². The maximum atomic E-state index is 12.2. The van der Waals surface area contributed by atoms with Crippen molar-refractivity contribution in [3.63, 3.8) is 0 Å². The number of aliphatic carboxylic acids is 1. The summed E-state index contributed by atoms with van der Waals surface area (Å²) < 4.78 is 26.3. The fourth-order valence-electron chi connectivity index (χ4n) is 3.96. The highest BCUT2D eigenvalue weighted by Gasteiger charge is 2.46. The molecule has 1 aromatic carbocycles. The van der Waals surface area contributed by atoms with Gasteiger partial charge in [-0.15, -0.1) is 0 Å². The Labute approximate surface area is 223 Å². The minimum Gasteiger partial charge on any atom is -0.478 e. The van der Waals surface area contributed by atoms with Crippen molar-refractivity contribution in [2.75, 3.05) is 20.3 Å². The average Bonchev–Trinajstić information content (AvgIpc) is 2.93. The molecule has 13 nitrogen and oxygen atoms in total. The van der Waals surface area contributed by atoms with Crippen LogP contribution in [0, 0.1) is 5.92 Å². The first-order valence-electron chi connectivity index (χ1n) is 11.9. The lowest BCUT2D eigenvalue weighted by atomic mass is 9.86. The maximum Gasteiger partial charge on any atom is 0.335 e. The summed E-state index contributed by atoms with van der Waals surface area (Å²) >= 11 is 0. The van der Waals surface area contributed by atoms with E-state index >= 15 is 0 Å². The van der Waals surface area contributed by atoms with E-state index in [2.05, 4.69) is 4.74 Å². The van der Waals surface area contributed by atoms with Crippen molar-refractivity contribution in [1.29, 1.82) is 0 Å². The van der Waals surface area contributed by atoms with Gasteiger partial charge in [0.05, 0.1) is 32.0 Å². The fraction of sp³-hybridized carbons (Fsp3) is 0.423. The molecule has 0 spiro atoms. The van der Waals surface area contributed by atoms with Crippen LogP contribution in [-0.2, 0) is 38.1 Å². The number of hydrogen-bond acceptors (Lipinski definition) is 12. The normalized spacial score (nSPS) is 29.9. The molecule has 0 aromatic heterocycles. The fourth-order valence-corrected chi connectivity index (χ4v) is 3.96. The molecule has 1 fully saturated rings. The lowest BCUT2D eigenvalue weighted by Crippen LogP contribution is -2.60. The molecule has 1 saturated heterocycles. The second-order valence-corrected chi connectivity index (χ2v) is 8.59.